The van der Waals surface area contributed by atoms with E-state index in [4.69, 9.17) is 5.73 Å². The summed E-state index contributed by atoms with van der Waals surface area (Å²) in [6.45, 7) is 0.973. The first-order valence-electron chi connectivity index (χ1n) is 10.0. The number of carbonyl (C=O) groups is 2. The summed E-state index contributed by atoms with van der Waals surface area (Å²) in [7, 11) is 0. The third-order valence-corrected chi connectivity index (χ3v) is 5.31. The van der Waals surface area contributed by atoms with Gasteiger partial charge < -0.3 is 21.1 Å². The van der Waals surface area contributed by atoms with E-state index in [2.05, 4.69) is 5.32 Å². The lowest BCUT2D eigenvalue weighted by Gasteiger charge is -2.39. The van der Waals surface area contributed by atoms with Crippen LogP contribution < -0.4 is 11.1 Å². The van der Waals surface area contributed by atoms with Crippen LogP contribution in [0.2, 0.25) is 0 Å². The van der Waals surface area contributed by atoms with E-state index in [1.165, 1.54) is 18.4 Å². The van der Waals surface area contributed by atoms with Gasteiger partial charge in [-0.3, -0.25) is 9.59 Å². The largest absolute Gasteiger partial charge is 0.387 e. The van der Waals surface area contributed by atoms with Gasteiger partial charge in [0, 0.05) is 31.4 Å². The lowest BCUT2D eigenvalue weighted by molar-refractivity contribution is -0.131. The number of carbonyl (C=O) groups excluding carboxylic acids is 2. The van der Waals surface area contributed by atoms with Crippen molar-refractivity contribution in [2.75, 3.05) is 13.1 Å². The fraction of sp³-hybridized carbons (Fsp3) is 0.250. The van der Waals surface area contributed by atoms with E-state index in [1.54, 1.807) is 11.0 Å². The molecule has 2 aromatic rings. The maximum Gasteiger partial charge on any atom is 0.246 e. The first kappa shape index (κ1) is 21.3. The van der Waals surface area contributed by atoms with Crippen LogP contribution in [0, 0.1) is 0 Å². The van der Waals surface area contributed by atoms with Crippen LogP contribution >= 0.6 is 0 Å². The summed E-state index contributed by atoms with van der Waals surface area (Å²) in [6.07, 6.45) is 7.38. The monoisotopic (exact) mass is 405 g/mol. The van der Waals surface area contributed by atoms with Crippen LogP contribution in [-0.2, 0) is 15.2 Å². The predicted molar refractivity (Wildman–Crippen MR) is 116 cm³/mol. The van der Waals surface area contributed by atoms with Gasteiger partial charge in [-0.05, 0) is 24.0 Å². The van der Waals surface area contributed by atoms with Crippen molar-refractivity contribution in [1.82, 2.24) is 10.2 Å². The van der Waals surface area contributed by atoms with E-state index >= 15 is 0 Å². The zero-order valence-corrected chi connectivity index (χ0v) is 16.8. The second-order valence-corrected chi connectivity index (χ2v) is 7.23. The highest BCUT2D eigenvalue weighted by Gasteiger charge is 2.46. The molecule has 4 N–H and O–H groups in total. The zero-order valence-electron chi connectivity index (χ0n) is 16.8. The summed E-state index contributed by atoms with van der Waals surface area (Å²) in [4.78, 5) is 25.3. The molecule has 1 heterocycles. The summed E-state index contributed by atoms with van der Waals surface area (Å²) < 4.78 is 0. The Morgan fingerprint density at radius 3 is 2.23 bits per heavy atom. The van der Waals surface area contributed by atoms with Crippen LogP contribution in [-0.4, -0.2) is 41.0 Å². The smallest absolute Gasteiger partial charge is 0.246 e. The van der Waals surface area contributed by atoms with E-state index in [0.29, 0.717) is 19.5 Å². The van der Waals surface area contributed by atoms with Gasteiger partial charge in [-0.1, -0.05) is 66.7 Å². The van der Waals surface area contributed by atoms with Crippen molar-refractivity contribution < 1.29 is 14.7 Å². The molecule has 0 aliphatic carbocycles. The summed E-state index contributed by atoms with van der Waals surface area (Å²) in [5, 5.41) is 14.9. The number of nitrogens with zero attached hydrogens (tertiary/aromatic N) is 1. The van der Waals surface area contributed by atoms with Crippen LogP contribution in [0.25, 0.3) is 0 Å². The number of nitrogens with two attached hydrogens (primary N) is 1. The lowest BCUT2D eigenvalue weighted by Crippen LogP contribution is -2.50. The van der Waals surface area contributed by atoms with Gasteiger partial charge in [-0.25, -0.2) is 0 Å². The molecule has 30 heavy (non-hydrogen) atoms. The molecule has 0 unspecified atom stereocenters. The molecule has 2 amide bonds. The molecule has 6 heteroatoms. The Labute approximate surface area is 176 Å². The molecule has 1 atom stereocenters. The van der Waals surface area contributed by atoms with Gasteiger partial charge >= 0.3 is 0 Å². The highest BCUT2D eigenvalue weighted by Crippen LogP contribution is 2.40. The fourth-order valence-corrected chi connectivity index (χ4v) is 3.93. The van der Waals surface area contributed by atoms with Crippen LogP contribution in [0.15, 0.2) is 85.1 Å². The van der Waals surface area contributed by atoms with E-state index < -0.39 is 11.5 Å². The van der Waals surface area contributed by atoms with Gasteiger partial charge in [-0.2, -0.15) is 0 Å². The number of nitrogens with one attached hydrogen (secondary N) is 1. The second kappa shape index (κ2) is 9.89. The summed E-state index contributed by atoms with van der Waals surface area (Å²) in [6, 6.07) is 18.6. The Bertz CT molecular complexity index is 870. The van der Waals surface area contributed by atoms with Crippen molar-refractivity contribution in [2.24, 2.45) is 5.73 Å². The van der Waals surface area contributed by atoms with Gasteiger partial charge in [0.2, 0.25) is 11.8 Å². The van der Waals surface area contributed by atoms with Crippen molar-refractivity contribution in [1.29, 1.82) is 0 Å². The van der Waals surface area contributed by atoms with Crippen molar-refractivity contribution in [3.05, 3.63) is 96.2 Å². The Balaban J connectivity index is 1.82. The van der Waals surface area contributed by atoms with Gasteiger partial charge in [-0.15, -0.1) is 0 Å². The topological polar surface area (TPSA) is 95.7 Å². The van der Waals surface area contributed by atoms with Gasteiger partial charge in [0.25, 0.3) is 0 Å². The van der Waals surface area contributed by atoms with Crippen molar-refractivity contribution in [3.8, 4) is 0 Å². The maximum absolute atomic E-state index is 12.9. The molecule has 0 bridgehead atoms. The number of benzene rings is 2. The average molecular weight is 405 g/mol. The van der Waals surface area contributed by atoms with Crippen LogP contribution in [0.3, 0.4) is 0 Å². The average Bonchev–Trinajstić information content (AvgIpc) is 3.27. The number of hydrogen-bond acceptors (Lipinski definition) is 4. The Morgan fingerprint density at radius 1 is 1.07 bits per heavy atom. The third-order valence-electron chi connectivity index (χ3n) is 5.31. The van der Waals surface area contributed by atoms with Gasteiger partial charge in [0.1, 0.15) is 5.60 Å². The molecule has 156 valence electrons. The second-order valence-electron chi connectivity index (χ2n) is 7.23. The fourth-order valence-electron chi connectivity index (χ4n) is 3.93. The molecule has 0 spiro atoms. The van der Waals surface area contributed by atoms with Gasteiger partial charge in [0.05, 0.1) is 6.04 Å². The Kier molecular flexibility index (Phi) is 7.03. The van der Waals surface area contributed by atoms with Crippen molar-refractivity contribution >= 4 is 11.8 Å². The van der Waals surface area contributed by atoms with E-state index in [1.807, 2.05) is 60.7 Å². The molecular weight excluding hydrogens is 378 g/mol. The molecular formula is C24H27N3O3. The first-order chi connectivity index (χ1) is 14.5. The van der Waals surface area contributed by atoms with E-state index in [0.717, 1.165) is 17.5 Å². The summed E-state index contributed by atoms with van der Waals surface area (Å²) >= 11 is 0. The highest BCUT2D eigenvalue weighted by molar-refractivity contribution is 5.88. The van der Waals surface area contributed by atoms with Crippen molar-refractivity contribution in [3.63, 3.8) is 0 Å². The summed E-state index contributed by atoms with van der Waals surface area (Å²) in [5.41, 5.74) is 5.25. The normalized spacial score (nSPS) is 17.0. The van der Waals surface area contributed by atoms with E-state index in [-0.39, 0.29) is 11.9 Å². The number of hydrogen-bond donors (Lipinski definition) is 3. The maximum atomic E-state index is 12.9. The third kappa shape index (κ3) is 4.78. The lowest BCUT2D eigenvalue weighted by atomic mass is 9.79. The number of aliphatic hydroxyl groups is 1. The molecule has 0 saturated carbocycles. The van der Waals surface area contributed by atoms with Crippen molar-refractivity contribution in [2.45, 2.75) is 24.5 Å². The molecule has 1 aliphatic rings. The SMILES string of the molecule is NC(=O)/C=C\NC/C=C/C(=O)N1CCC[C@H]1C(O)(c1ccccc1)c1ccccc1. The zero-order chi connectivity index (χ0) is 21.4. The van der Waals surface area contributed by atoms with Gasteiger partial charge in [0.15, 0.2) is 0 Å². The van der Waals surface area contributed by atoms with E-state index in [9.17, 15) is 14.7 Å². The molecule has 6 nitrogen and oxygen atoms in total. The highest BCUT2D eigenvalue weighted by atomic mass is 16.3. The Hall–Kier alpha value is -3.38. The minimum Gasteiger partial charge on any atom is -0.387 e. The molecule has 0 radical (unpaired) electrons. The number of likely N-dealkylation sites (tertiary alicyclic amines) is 1. The molecule has 0 aromatic heterocycles. The quantitative estimate of drug-likeness (QED) is 0.463. The predicted octanol–water partition coefficient (Wildman–Crippen LogP) is 2.06. The molecule has 1 aliphatic heterocycles. The molecule has 1 fully saturated rings. The number of rotatable bonds is 8. The molecule has 2 aromatic carbocycles. The minimum absolute atomic E-state index is 0.150. The van der Waals surface area contributed by atoms with Crippen LogP contribution in [0.1, 0.15) is 24.0 Å². The standard InChI is InChI=1S/C24H27N3O3/c25-22(28)15-17-26-16-7-14-23(29)27-18-8-13-21(27)24(30,19-9-3-1-4-10-19)20-11-5-2-6-12-20/h1-7,9-12,14-15,17,21,26,30H,8,13,16,18H2,(H2,25,28)/b14-7+,17-15-/t21-/m0/s1. The Morgan fingerprint density at radius 2 is 1.67 bits per heavy atom. The number of primary amides is 1. The number of amides is 2. The van der Waals surface area contributed by atoms with Crippen LogP contribution in [0.5, 0.6) is 0 Å². The van der Waals surface area contributed by atoms with Crippen LogP contribution in [0.4, 0.5) is 0 Å². The minimum atomic E-state index is -1.30. The molecule has 3 rings (SSSR count). The first-order valence-corrected chi connectivity index (χ1v) is 10.0. The summed E-state index contributed by atoms with van der Waals surface area (Å²) in [5.74, 6) is -0.688. The molecule has 1 saturated heterocycles.